The molecule has 0 saturated heterocycles. The van der Waals surface area contributed by atoms with Gasteiger partial charge in [0, 0.05) is 16.7 Å². The lowest BCUT2D eigenvalue weighted by Gasteiger charge is -2.12. The van der Waals surface area contributed by atoms with E-state index in [1.165, 1.54) is 16.8 Å². The average Bonchev–Trinajstić information content (AvgIpc) is 2.72. The molecule has 108 valence electrons. The summed E-state index contributed by atoms with van der Waals surface area (Å²) in [5.74, 6) is 0. The van der Waals surface area contributed by atoms with Crippen LogP contribution in [0.4, 0.5) is 0 Å². The summed E-state index contributed by atoms with van der Waals surface area (Å²) < 4.78 is 3.16. The van der Waals surface area contributed by atoms with E-state index >= 15 is 0 Å². The standard InChI is InChI=1S/C16H22BrN3/c1-5-15-11(3)19-20(12(15)4)16-9-14(17)8-7-13(16)10-18-6-2/h7-9,18H,5-6,10H2,1-4H3. The third-order valence-electron chi connectivity index (χ3n) is 3.64. The van der Waals surface area contributed by atoms with Gasteiger partial charge in [-0.3, -0.25) is 0 Å². The van der Waals surface area contributed by atoms with Crippen molar-refractivity contribution in [1.29, 1.82) is 0 Å². The normalized spacial score (nSPS) is 11.1. The highest BCUT2D eigenvalue weighted by Crippen LogP contribution is 2.24. The molecule has 0 aliphatic carbocycles. The fourth-order valence-corrected chi connectivity index (χ4v) is 2.91. The first-order valence-electron chi connectivity index (χ1n) is 7.13. The fourth-order valence-electron chi connectivity index (χ4n) is 2.56. The molecular formula is C16H22BrN3. The molecule has 4 heteroatoms. The Morgan fingerprint density at radius 1 is 1.25 bits per heavy atom. The molecule has 20 heavy (non-hydrogen) atoms. The molecule has 1 heterocycles. The molecule has 2 aromatic rings. The highest BCUT2D eigenvalue weighted by molar-refractivity contribution is 9.10. The molecule has 1 aromatic carbocycles. The maximum Gasteiger partial charge on any atom is 0.0705 e. The topological polar surface area (TPSA) is 29.9 Å². The molecule has 0 spiro atoms. The van der Waals surface area contributed by atoms with Gasteiger partial charge < -0.3 is 5.32 Å². The summed E-state index contributed by atoms with van der Waals surface area (Å²) in [4.78, 5) is 0. The third kappa shape index (κ3) is 2.96. The van der Waals surface area contributed by atoms with Crippen LogP contribution in [-0.4, -0.2) is 16.3 Å². The van der Waals surface area contributed by atoms with Crippen LogP contribution in [0.3, 0.4) is 0 Å². The minimum atomic E-state index is 0.860. The van der Waals surface area contributed by atoms with Gasteiger partial charge in [-0.1, -0.05) is 35.8 Å². The molecule has 0 aliphatic rings. The predicted octanol–water partition coefficient (Wildman–Crippen LogP) is 3.92. The van der Waals surface area contributed by atoms with Crippen molar-refractivity contribution < 1.29 is 0 Å². The van der Waals surface area contributed by atoms with Crippen molar-refractivity contribution in [2.75, 3.05) is 6.54 Å². The first-order valence-corrected chi connectivity index (χ1v) is 7.92. The van der Waals surface area contributed by atoms with E-state index in [1.54, 1.807) is 0 Å². The smallest absolute Gasteiger partial charge is 0.0705 e. The Balaban J connectivity index is 2.53. The Morgan fingerprint density at radius 3 is 2.60 bits per heavy atom. The van der Waals surface area contributed by atoms with Gasteiger partial charge in [0.25, 0.3) is 0 Å². The molecule has 0 radical (unpaired) electrons. The number of benzene rings is 1. The van der Waals surface area contributed by atoms with Crippen molar-refractivity contribution in [3.8, 4) is 5.69 Å². The van der Waals surface area contributed by atoms with Gasteiger partial charge in [-0.05, 0) is 50.1 Å². The third-order valence-corrected chi connectivity index (χ3v) is 4.13. The Kier molecular flexibility index (Phi) is 5.00. The summed E-state index contributed by atoms with van der Waals surface area (Å²) in [7, 11) is 0. The van der Waals surface area contributed by atoms with Gasteiger partial charge in [0.1, 0.15) is 0 Å². The van der Waals surface area contributed by atoms with Crippen molar-refractivity contribution >= 4 is 15.9 Å². The second-order valence-electron chi connectivity index (χ2n) is 4.97. The monoisotopic (exact) mass is 335 g/mol. The first kappa shape index (κ1) is 15.3. The molecule has 1 N–H and O–H groups in total. The number of nitrogens with one attached hydrogen (secondary N) is 1. The summed E-state index contributed by atoms with van der Waals surface area (Å²) in [6.45, 7) is 10.4. The number of aromatic nitrogens is 2. The summed E-state index contributed by atoms with van der Waals surface area (Å²) in [6.07, 6.45) is 1.02. The highest BCUT2D eigenvalue weighted by atomic mass is 79.9. The number of nitrogens with zero attached hydrogens (tertiary/aromatic N) is 2. The zero-order chi connectivity index (χ0) is 14.7. The van der Waals surface area contributed by atoms with Crippen molar-refractivity contribution in [2.45, 2.75) is 40.7 Å². The van der Waals surface area contributed by atoms with Crippen molar-refractivity contribution in [1.82, 2.24) is 15.1 Å². The molecule has 0 fully saturated rings. The molecule has 0 aliphatic heterocycles. The average molecular weight is 336 g/mol. The van der Waals surface area contributed by atoms with Crippen LogP contribution in [0.2, 0.25) is 0 Å². The fraction of sp³-hybridized carbons (Fsp3) is 0.438. The number of hydrogen-bond acceptors (Lipinski definition) is 2. The highest BCUT2D eigenvalue weighted by Gasteiger charge is 2.14. The second kappa shape index (κ2) is 6.55. The minimum absolute atomic E-state index is 0.860. The number of halogens is 1. The first-order chi connectivity index (χ1) is 9.58. The van der Waals surface area contributed by atoms with Gasteiger partial charge in [-0.25, -0.2) is 4.68 Å². The maximum absolute atomic E-state index is 4.73. The van der Waals surface area contributed by atoms with E-state index in [2.05, 4.69) is 71.8 Å². The summed E-state index contributed by atoms with van der Waals surface area (Å²) in [5.41, 5.74) is 6.13. The van der Waals surface area contributed by atoms with Gasteiger partial charge in [0.15, 0.2) is 0 Å². The molecule has 0 bridgehead atoms. The minimum Gasteiger partial charge on any atom is -0.313 e. The van der Waals surface area contributed by atoms with Crippen LogP contribution in [0.5, 0.6) is 0 Å². The lowest BCUT2D eigenvalue weighted by atomic mass is 10.1. The van der Waals surface area contributed by atoms with Crippen LogP contribution in [0.1, 0.15) is 36.4 Å². The van der Waals surface area contributed by atoms with E-state index < -0.39 is 0 Å². The Hall–Kier alpha value is -1.13. The zero-order valence-electron chi connectivity index (χ0n) is 12.6. The largest absolute Gasteiger partial charge is 0.313 e. The van der Waals surface area contributed by atoms with Crippen molar-refractivity contribution in [2.24, 2.45) is 0 Å². The Labute approximate surface area is 129 Å². The van der Waals surface area contributed by atoms with Crippen LogP contribution in [-0.2, 0) is 13.0 Å². The van der Waals surface area contributed by atoms with Crippen molar-refractivity contribution in [3.05, 3.63) is 45.2 Å². The van der Waals surface area contributed by atoms with E-state index in [0.717, 1.165) is 35.4 Å². The molecule has 1 aromatic heterocycles. The SMILES string of the molecule is CCNCc1ccc(Br)cc1-n1nc(C)c(CC)c1C. The predicted molar refractivity (Wildman–Crippen MR) is 87.5 cm³/mol. The molecule has 0 saturated carbocycles. The van der Waals surface area contributed by atoms with E-state index in [0.29, 0.717) is 0 Å². The Bertz CT molecular complexity index is 602. The zero-order valence-corrected chi connectivity index (χ0v) is 14.2. The van der Waals surface area contributed by atoms with Gasteiger partial charge in [-0.15, -0.1) is 0 Å². The van der Waals surface area contributed by atoms with E-state index in [4.69, 9.17) is 5.10 Å². The number of hydrogen-bond donors (Lipinski definition) is 1. The maximum atomic E-state index is 4.73. The van der Waals surface area contributed by atoms with Gasteiger partial charge >= 0.3 is 0 Å². The van der Waals surface area contributed by atoms with Crippen molar-refractivity contribution in [3.63, 3.8) is 0 Å². The van der Waals surface area contributed by atoms with Crippen LogP contribution in [0, 0.1) is 13.8 Å². The number of rotatable bonds is 5. The second-order valence-corrected chi connectivity index (χ2v) is 5.88. The summed E-state index contributed by atoms with van der Waals surface area (Å²) in [5, 5.41) is 8.12. The van der Waals surface area contributed by atoms with E-state index in [-0.39, 0.29) is 0 Å². The molecular weight excluding hydrogens is 314 g/mol. The molecule has 0 atom stereocenters. The van der Waals surface area contributed by atoms with Crippen LogP contribution in [0.15, 0.2) is 22.7 Å². The van der Waals surface area contributed by atoms with Crippen LogP contribution >= 0.6 is 15.9 Å². The molecule has 3 nitrogen and oxygen atoms in total. The van der Waals surface area contributed by atoms with Gasteiger partial charge in [-0.2, -0.15) is 5.10 Å². The van der Waals surface area contributed by atoms with Gasteiger partial charge in [0.2, 0.25) is 0 Å². The summed E-state index contributed by atoms with van der Waals surface area (Å²) in [6, 6.07) is 6.39. The summed E-state index contributed by atoms with van der Waals surface area (Å²) >= 11 is 3.57. The lowest BCUT2D eigenvalue weighted by molar-refractivity contribution is 0.713. The number of aryl methyl sites for hydroxylation is 1. The molecule has 0 unspecified atom stereocenters. The Morgan fingerprint density at radius 2 is 2.00 bits per heavy atom. The molecule has 2 rings (SSSR count). The molecule has 0 amide bonds. The quantitative estimate of drug-likeness (QED) is 0.897. The van der Waals surface area contributed by atoms with Crippen LogP contribution < -0.4 is 5.32 Å². The lowest BCUT2D eigenvalue weighted by Crippen LogP contribution is -2.14. The van der Waals surface area contributed by atoms with E-state index in [9.17, 15) is 0 Å². The van der Waals surface area contributed by atoms with E-state index in [1.807, 2.05) is 0 Å². The van der Waals surface area contributed by atoms with Gasteiger partial charge in [0.05, 0.1) is 11.4 Å². The van der Waals surface area contributed by atoms with Crippen LogP contribution in [0.25, 0.3) is 5.69 Å².